The molecule has 0 unspecified atom stereocenters. The van der Waals surface area contributed by atoms with Gasteiger partial charge in [-0.25, -0.2) is 4.39 Å². The van der Waals surface area contributed by atoms with Crippen molar-refractivity contribution in [2.75, 3.05) is 5.43 Å². The van der Waals surface area contributed by atoms with Crippen LogP contribution in [-0.2, 0) is 0 Å². The fourth-order valence-corrected chi connectivity index (χ4v) is 2.29. The third-order valence-corrected chi connectivity index (χ3v) is 3.36. The van der Waals surface area contributed by atoms with E-state index in [9.17, 15) is 4.39 Å². The Balaban J connectivity index is 1.90. The second-order valence-electron chi connectivity index (χ2n) is 5.25. The predicted molar refractivity (Wildman–Crippen MR) is 88.8 cm³/mol. The summed E-state index contributed by atoms with van der Waals surface area (Å²) in [5, 5.41) is 5.27. The van der Waals surface area contributed by atoms with Gasteiger partial charge in [-0.2, -0.15) is 5.10 Å². The smallest absolute Gasteiger partial charge is 0.123 e. The van der Waals surface area contributed by atoms with Crippen LogP contribution in [-0.4, -0.2) is 11.2 Å². The Morgan fingerprint density at radius 2 is 1.82 bits per heavy atom. The van der Waals surface area contributed by atoms with Crippen LogP contribution in [0.4, 0.5) is 10.1 Å². The van der Waals surface area contributed by atoms with Gasteiger partial charge in [0.05, 0.1) is 17.4 Å². The summed E-state index contributed by atoms with van der Waals surface area (Å²) in [6.07, 6.45) is 1.66. The molecule has 2 aromatic carbocycles. The molecular weight excluding hydrogens is 277 g/mol. The van der Waals surface area contributed by atoms with Crippen LogP contribution in [0.1, 0.15) is 16.8 Å². The van der Waals surface area contributed by atoms with Gasteiger partial charge in [-0.05, 0) is 49.7 Å². The largest absolute Gasteiger partial charge is 0.278 e. The fraction of sp³-hybridized carbons (Fsp3) is 0.111. The molecule has 3 nitrogen and oxygen atoms in total. The molecule has 0 aliphatic heterocycles. The van der Waals surface area contributed by atoms with Crippen LogP contribution < -0.4 is 5.43 Å². The van der Waals surface area contributed by atoms with Crippen molar-refractivity contribution in [3.8, 4) is 0 Å². The number of hydrogen-bond acceptors (Lipinski definition) is 3. The molecule has 0 amide bonds. The summed E-state index contributed by atoms with van der Waals surface area (Å²) in [5.41, 5.74) is 7.83. The highest BCUT2D eigenvalue weighted by atomic mass is 19.1. The monoisotopic (exact) mass is 293 g/mol. The molecule has 3 aromatic rings. The van der Waals surface area contributed by atoms with Gasteiger partial charge in [0.1, 0.15) is 5.82 Å². The molecule has 0 aliphatic carbocycles. The van der Waals surface area contributed by atoms with E-state index in [0.29, 0.717) is 0 Å². The lowest BCUT2D eigenvalue weighted by Crippen LogP contribution is -1.95. The molecule has 110 valence electrons. The van der Waals surface area contributed by atoms with Gasteiger partial charge in [0, 0.05) is 11.1 Å². The average Bonchev–Trinajstić information content (AvgIpc) is 2.50. The van der Waals surface area contributed by atoms with E-state index >= 15 is 0 Å². The molecule has 0 bridgehead atoms. The van der Waals surface area contributed by atoms with Crippen molar-refractivity contribution < 1.29 is 4.39 Å². The first-order valence-electron chi connectivity index (χ1n) is 7.04. The van der Waals surface area contributed by atoms with E-state index in [2.05, 4.69) is 21.6 Å². The van der Waals surface area contributed by atoms with Crippen LogP contribution in [0.2, 0.25) is 0 Å². The van der Waals surface area contributed by atoms with Crippen LogP contribution >= 0.6 is 0 Å². The first kappa shape index (κ1) is 14.2. The summed E-state index contributed by atoms with van der Waals surface area (Å²) in [7, 11) is 0. The SMILES string of the molecule is Cc1ccc2nc(C)cc(N/N=C/c3ccc(F)cc3)c2c1. The molecule has 0 saturated heterocycles. The van der Waals surface area contributed by atoms with Crippen molar-refractivity contribution in [3.05, 3.63) is 71.2 Å². The number of rotatable bonds is 3. The minimum absolute atomic E-state index is 0.253. The predicted octanol–water partition coefficient (Wildman–Crippen LogP) is 4.44. The zero-order chi connectivity index (χ0) is 15.5. The number of hydrazone groups is 1. The third kappa shape index (κ3) is 3.11. The maximum atomic E-state index is 12.9. The summed E-state index contributed by atoms with van der Waals surface area (Å²) < 4.78 is 12.9. The molecule has 4 heteroatoms. The normalized spacial score (nSPS) is 11.2. The van der Waals surface area contributed by atoms with Crippen molar-refractivity contribution in [2.45, 2.75) is 13.8 Å². The van der Waals surface area contributed by atoms with E-state index in [4.69, 9.17) is 0 Å². The van der Waals surface area contributed by atoms with E-state index < -0.39 is 0 Å². The van der Waals surface area contributed by atoms with Crippen LogP contribution in [0.5, 0.6) is 0 Å². The van der Waals surface area contributed by atoms with Crippen LogP contribution in [0.25, 0.3) is 10.9 Å². The van der Waals surface area contributed by atoms with Crippen LogP contribution in [0.15, 0.2) is 53.6 Å². The molecule has 1 N–H and O–H groups in total. The lowest BCUT2D eigenvalue weighted by atomic mass is 10.1. The first-order valence-corrected chi connectivity index (χ1v) is 7.04. The fourth-order valence-electron chi connectivity index (χ4n) is 2.29. The maximum absolute atomic E-state index is 12.9. The standard InChI is InChI=1S/C18H16FN3/c1-12-3-8-17-16(9-12)18(10-13(2)21-17)22-20-11-14-4-6-15(19)7-5-14/h3-11H,1-2H3,(H,21,22)/b20-11+. The highest BCUT2D eigenvalue weighted by Gasteiger charge is 2.03. The Bertz CT molecular complexity index is 839. The molecule has 0 fully saturated rings. The number of nitrogens with zero attached hydrogens (tertiary/aromatic N) is 2. The number of aromatic nitrogens is 1. The number of fused-ring (bicyclic) bond motifs is 1. The minimum Gasteiger partial charge on any atom is -0.278 e. The molecule has 1 aromatic heterocycles. The van der Waals surface area contributed by atoms with Gasteiger partial charge in [0.2, 0.25) is 0 Å². The summed E-state index contributed by atoms with van der Waals surface area (Å²) in [6.45, 7) is 4.00. The number of nitrogens with one attached hydrogen (secondary N) is 1. The van der Waals surface area contributed by atoms with Gasteiger partial charge in [-0.1, -0.05) is 23.8 Å². The summed E-state index contributed by atoms with van der Waals surface area (Å²) in [4.78, 5) is 4.52. The second kappa shape index (κ2) is 5.93. The van der Waals surface area contributed by atoms with Gasteiger partial charge in [0.25, 0.3) is 0 Å². The third-order valence-electron chi connectivity index (χ3n) is 3.36. The highest BCUT2D eigenvalue weighted by Crippen LogP contribution is 2.24. The van der Waals surface area contributed by atoms with Crippen molar-refractivity contribution >= 4 is 22.8 Å². The molecule has 1 heterocycles. The van der Waals surface area contributed by atoms with E-state index in [1.165, 1.54) is 17.7 Å². The molecule has 0 spiro atoms. The topological polar surface area (TPSA) is 37.3 Å². The number of halogens is 1. The molecular formula is C18H16FN3. The van der Waals surface area contributed by atoms with Crippen LogP contribution in [0, 0.1) is 19.7 Å². The van der Waals surface area contributed by atoms with Crippen molar-refractivity contribution in [2.24, 2.45) is 5.10 Å². The first-order chi connectivity index (χ1) is 10.6. The molecule has 3 rings (SSSR count). The number of hydrogen-bond donors (Lipinski definition) is 1. The van der Waals surface area contributed by atoms with Crippen molar-refractivity contribution in [1.29, 1.82) is 0 Å². The van der Waals surface area contributed by atoms with Crippen molar-refractivity contribution in [3.63, 3.8) is 0 Å². The number of anilines is 1. The molecule has 0 radical (unpaired) electrons. The van der Waals surface area contributed by atoms with Crippen LogP contribution in [0.3, 0.4) is 0 Å². The minimum atomic E-state index is -0.253. The number of pyridine rings is 1. The van der Waals surface area contributed by atoms with Gasteiger partial charge in [-0.15, -0.1) is 0 Å². The average molecular weight is 293 g/mol. The summed E-state index contributed by atoms with van der Waals surface area (Å²) in [6, 6.07) is 14.3. The Hall–Kier alpha value is -2.75. The van der Waals surface area contributed by atoms with Gasteiger partial charge >= 0.3 is 0 Å². The van der Waals surface area contributed by atoms with Crippen molar-refractivity contribution in [1.82, 2.24) is 4.98 Å². The van der Waals surface area contributed by atoms with E-state index in [0.717, 1.165) is 27.8 Å². The lowest BCUT2D eigenvalue weighted by Gasteiger charge is -2.08. The lowest BCUT2D eigenvalue weighted by molar-refractivity contribution is 0.628. The second-order valence-corrected chi connectivity index (χ2v) is 5.25. The highest BCUT2D eigenvalue weighted by molar-refractivity contribution is 5.92. The molecule has 22 heavy (non-hydrogen) atoms. The van der Waals surface area contributed by atoms with Gasteiger partial charge in [-0.3, -0.25) is 10.4 Å². The Morgan fingerprint density at radius 1 is 1.05 bits per heavy atom. The Labute approximate surface area is 128 Å². The zero-order valence-corrected chi connectivity index (χ0v) is 12.5. The van der Waals surface area contributed by atoms with E-state index in [1.54, 1.807) is 18.3 Å². The van der Waals surface area contributed by atoms with Gasteiger partial charge < -0.3 is 0 Å². The maximum Gasteiger partial charge on any atom is 0.123 e. The Kier molecular flexibility index (Phi) is 3.83. The summed E-state index contributed by atoms with van der Waals surface area (Å²) >= 11 is 0. The van der Waals surface area contributed by atoms with E-state index in [1.807, 2.05) is 32.0 Å². The molecule has 0 aliphatic rings. The number of benzene rings is 2. The zero-order valence-electron chi connectivity index (χ0n) is 12.5. The Morgan fingerprint density at radius 3 is 2.59 bits per heavy atom. The number of aryl methyl sites for hydroxylation is 2. The van der Waals surface area contributed by atoms with E-state index in [-0.39, 0.29) is 5.82 Å². The molecule has 0 atom stereocenters. The summed E-state index contributed by atoms with van der Waals surface area (Å²) in [5.74, 6) is -0.253. The quantitative estimate of drug-likeness (QED) is 0.572. The molecule has 0 saturated carbocycles. The van der Waals surface area contributed by atoms with Gasteiger partial charge in [0.15, 0.2) is 0 Å².